The third-order valence-corrected chi connectivity index (χ3v) is 10.2. The number of allylic oxidation sites excluding steroid dienone is 4. The molecule has 0 aromatic heterocycles. The van der Waals surface area contributed by atoms with Crippen molar-refractivity contribution in [2.45, 2.75) is 13.3 Å². The molecule has 0 aliphatic rings. The van der Waals surface area contributed by atoms with Crippen molar-refractivity contribution in [3.8, 4) is 0 Å². The molecule has 0 saturated carbocycles. The Hall–Kier alpha value is -3.61. The molecule has 0 aliphatic heterocycles. The van der Waals surface area contributed by atoms with Gasteiger partial charge in [0.1, 0.15) is 0 Å². The van der Waals surface area contributed by atoms with E-state index in [0.717, 1.165) is 24.0 Å². The molecule has 3 heteroatoms. The minimum absolute atomic E-state index is 0.782. The summed E-state index contributed by atoms with van der Waals surface area (Å²) in [6.07, 6.45) is 10.4. The molecule has 4 aromatic carbocycles. The summed E-state index contributed by atoms with van der Waals surface area (Å²) in [6.45, 7) is 2.04. The number of nitrogens with one attached hydrogen (secondary N) is 1. The molecule has 0 fully saturated rings. The van der Waals surface area contributed by atoms with Gasteiger partial charge in [-0.05, 0) is 0 Å². The molecule has 0 radical (unpaired) electrons. The van der Waals surface area contributed by atoms with Gasteiger partial charge in [-0.3, -0.25) is 0 Å². The molecule has 0 aliphatic carbocycles. The number of anilines is 2. The van der Waals surface area contributed by atoms with Crippen LogP contribution in [0.3, 0.4) is 0 Å². The van der Waals surface area contributed by atoms with Gasteiger partial charge in [0.15, 0.2) is 0 Å². The molecule has 0 amide bonds. The SMILES string of the molecule is C/C=C\C=C/C[PH](Nc1cc(N)cc(Cc2ccccc2)c1)(c1ccccc1)c1ccccc1. The molecule has 4 aromatic rings. The van der Waals surface area contributed by atoms with Crippen LogP contribution in [-0.2, 0) is 6.42 Å². The molecule has 4 rings (SSSR count). The average Bonchev–Trinajstić information content (AvgIpc) is 2.87. The van der Waals surface area contributed by atoms with Crippen molar-refractivity contribution in [3.05, 3.63) is 145 Å². The summed E-state index contributed by atoms with van der Waals surface area (Å²) in [4.78, 5) is 0. The number of hydrogen-bond donors (Lipinski definition) is 2. The number of benzene rings is 4. The summed E-state index contributed by atoms with van der Waals surface area (Å²) in [5.74, 6) is 0. The fraction of sp³-hybridized carbons (Fsp3) is 0.0968. The maximum absolute atomic E-state index is 6.40. The second kappa shape index (κ2) is 11.5. The van der Waals surface area contributed by atoms with E-state index >= 15 is 0 Å². The summed E-state index contributed by atoms with van der Waals surface area (Å²) in [5.41, 5.74) is 10.7. The first-order chi connectivity index (χ1) is 16.7. The van der Waals surface area contributed by atoms with Crippen LogP contribution in [-0.4, -0.2) is 6.16 Å². The first kappa shape index (κ1) is 23.5. The van der Waals surface area contributed by atoms with Crippen molar-refractivity contribution in [2.75, 3.05) is 17.0 Å². The van der Waals surface area contributed by atoms with Crippen LogP contribution in [0.25, 0.3) is 0 Å². The van der Waals surface area contributed by atoms with E-state index in [1.165, 1.54) is 21.7 Å². The van der Waals surface area contributed by atoms with Crippen molar-refractivity contribution >= 4 is 29.4 Å². The topological polar surface area (TPSA) is 38.0 Å². The van der Waals surface area contributed by atoms with Crippen molar-refractivity contribution in [3.63, 3.8) is 0 Å². The van der Waals surface area contributed by atoms with Gasteiger partial charge in [0, 0.05) is 0 Å². The Bertz CT molecular complexity index is 1190. The molecule has 0 heterocycles. The van der Waals surface area contributed by atoms with E-state index in [4.69, 9.17) is 5.73 Å². The zero-order chi connectivity index (χ0) is 23.6. The van der Waals surface area contributed by atoms with Crippen LogP contribution < -0.4 is 21.4 Å². The van der Waals surface area contributed by atoms with Gasteiger partial charge in [0.05, 0.1) is 0 Å². The van der Waals surface area contributed by atoms with Crippen LogP contribution in [0.15, 0.2) is 133 Å². The first-order valence-corrected chi connectivity index (χ1v) is 14.0. The van der Waals surface area contributed by atoms with Crippen LogP contribution in [0.4, 0.5) is 11.4 Å². The Kier molecular flexibility index (Phi) is 7.96. The fourth-order valence-corrected chi connectivity index (χ4v) is 8.29. The molecule has 0 spiro atoms. The van der Waals surface area contributed by atoms with Crippen molar-refractivity contribution in [1.82, 2.24) is 0 Å². The van der Waals surface area contributed by atoms with Crippen LogP contribution >= 0.6 is 7.41 Å². The normalized spacial score (nSPS) is 12.3. The van der Waals surface area contributed by atoms with Gasteiger partial charge in [-0.25, -0.2) is 0 Å². The summed E-state index contributed by atoms with van der Waals surface area (Å²) in [6, 6.07) is 38.7. The summed E-state index contributed by atoms with van der Waals surface area (Å²) in [7, 11) is -2.40. The average molecular weight is 465 g/mol. The van der Waals surface area contributed by atoms with Gasteiger partial charge in [-0.15, -0.1) is 0 Å². The van der Waals surface area contributed by atoms with E-state index in [-0.39, 0.29) is 0 Å². The third kappa shape index (κ3) is 5.84. The van der Waals surface area contributed by atoms with Crippen LogP contribution in [0.5, 0.6) is 0 Å². The first-order valence-electron chi connectivity index (χ1n) is 11.8. The quantitative estimate of drug-likeness (QED) is 0.164. The van der Waals surface area contributed by atoms with Gasteiger partial charge in [-0.2, -0.15) is 0 Å². The van der Waals surface area contributed by atoms with Gasteiger partial charge in [-0.1, -0.05) is 0 Å². The maximum atomic E-state index is 6.40. The van der Waals surface area contributed by atoms with Crippen LogP contribution in [0.2, 0.25) is 0 Å². The standard InChI is InChI=1S/C31H33N2P/c1-2-3-4-14-21-34(30-17-10-6-11-18-30,31-19-12-7-13-20-31)33-29-24-27(23-28(32)25-29)22-26-15-8-5-9-16-26/h2-20,23-25,33-34H,21-22,32H2,1H3/b3-2-,14-4-. The molecular formula is C31H33N2P. The molecular weight excluding hydrogens is 431 g/mol. The summed E-state index contributed by atoms with van der Waals surface area (Å²) >= 11 is 0. The minimum atomic E-state index is -2.40. The van der Waals surface area contributed by atoms with E-state index in [9.17, 15) is 0 Å². The van der Waals surface area contributed by atoms with Crippen molar-refractivity contribution in [2.24, 2.45) is 0 Å². The Labute approximate surface area is 204 Å². The number of rotatable bonds is 9. The zero-order valence-electron chi connectivity index (χ0n) is 19.7. The zero-order valence-corrected chi connectivity index (χ0v) is 20.7. The van der Waals surface area contributed by atoms with Crippen molar-refractivity contribution < 1.29 is 0 Å². The van der Waals surface area contributed by atoms with Crippen molar-refractivity contribution in [1.29, 1.82) is 0 Å². The van der Waals surface area contributed by atoms with Crippen LogP contribution in [0.1, 0.15) is 18.1 Å². The Morgan fingerprint density at radius 3 is 1.88 bits per heavy atom. The molecule has 2 nitrogen and oxygen atoms in total. The molecule has 0 saturated heterocycles. The molecule has 172 valence electrons. The Morgan fingerprint density at radius 1 is 0.706 bits per heavy atom. The van der Waals surface area contributed by atoms with E-state index < -0.39 is 7.41 Å². The summed E-state index contributed by atoms with van der Waals surface area (Å²) < 4.78 is 0. The van der Waals surface area contributed by atoms with Gasteiger partial charge >= 0.3 is 204 Å². The number of hydrogen-bond acceptors (Lipinski definition) is 2. The molecule has 3 N–H and O–H groups in total. The second-order valence-electron chi connectivity index (χ2n) is 8.55. The van der Waals surface area contributed by atoms with Gasteiger partial charge in [0.2, 0.25) is 0 Å². The predicted octanol–water partition coefficient (Wildman–Crippen LogP) is 6.72. The monoisotopic (exact) mass is 464 g/mol. The van der Waals surface area contributed by atoms with Gasteiger partial charge < -0.3 is 0 Å². The summed E-state index contributed by atoms with van der Waals surface area (Å²) in [5, 5.41) is 6.74. The second-order valence-corrected chi connectivity index (χ2v) is 12.2. The van der Waals surface area contributed by atoms with Crippen LogP contribution in [0, 0.1) is 0 Å². The number of nitrogens with two attached hydrogens (primary N) is 1. The van der Waals surface area contributed by atoms with E-state index in [0.29, 0.717) is 0 Å². The van der Waals surface area contributed by atoms with E-state index in [2.05, 4.69) is 139 Å². The van der Waals surface area contributed by atoms with Gasteiger partial charge in [0.25, 0.3) is 0 Å². The Balaban J connectivity index is 1.79. The third-order valence-electron chi connectivity index (χ3n) is 6.02. The number of nitrogen functional groups attached to an aromatic ring is 1. The molecule has 0 unspecified atom stereocenters. The predicted molar refractivity (Wildman–Crippen MR) is 153 cm³/mol. The molecule has 34 heavy (non-hydrogen) atoms. The Morgan fingerprint density at radius 2 is 1.29 bits per heavy atom. The fourth-order valence-electron chi connectivity index (χ4n) is 4.45. The van der Waals surface area contributed by atoms with E-state index in [1.54, 1.807) is 0 Å². The molecule has 0 bridgehead atoms. The van der Waals surface area contributed by atoms with E-state index in [1.807, 2.05) is 6.92 Å². The molecule has 0 atom stereocenters.